The van der Waals surface area contributed by atoms with Crippen LogP contribution in [0.15, 0.2) is 28.0 Å². The lowest BCUT2D eigenvalue weighted by Gasteiger charge is -2.27. The molecule has 0 spiro atoms. The van der Waals surface area contributed by atoms with Crippen molar-refractivity contribution < 1.29 is 18.7 Å². The molecular weight excluding hydrogens is 420 g/mol. The number of morpholine rings is 1. The van der Waals surface area contributed by atoms with Crippen molar-refractivity contribution in [1.82, 2.24) is 25.0 Å². The number of aromatic nitrogens is 3. The van der Waals surface area contributed by atoms with Crippen molar-refractivity contribution in [3.63, 3.8) is 0 Å². The largest absolute Gasteiger partial charge is 0.467 e. The second kappa shape index (κ2) is 11.2. The van der Waals surface area contributed by atoms with Crippen LogP contribution < -0.4 is 10.2 Å². The molecule has 11 heteroatoms. The molecule has 2 aromatic heterocycles. The van der Waals surface area contributed by atoms with E-state index in [0.29, 0.717) is 31.5 Å². The van der Waals surface area contributed by atoms with Crippen molar-refractivity contribution in [3.8, 4) is 0 Å². The first-order chi connectivity index (χ1) is 15.0. The minimum Gasteiger partial charge on any atom is -0.467 e. The second-order valence-corrected chi connectivity index (χ2v) is 8.41. The number of carbonyl (C=O) groups excluding carboxylic acids is 2. The number of rotatable bonds is 10. The molecule has 31 heavy (non-hydrogen) atoms. The van der Waals surface area contributed by atoms with Crippen LogP contribution in [0.5, 0.6) is 0 Å². The average molecular weight is 451 g/mol. The number of ether oxygens (including phenoxy) is 1. The molecule has 1 fully saturated rings. The van der Waals surface area contributed by atoms with Gasteiger partial charge in [0.2, 0.25) is 17.8 Å². The van der Waals surface area contributed by atoms with E-state index in [4.69, 9.17) is 9.15 Å². The smallest absolute Gasteiger partial charge is 0.239 e. The molecule has 3 heterocycles. The number of nitrogens with one attached hydrogen (secondary N) is 1. The lowest BCUT2D eigenvalue weighted by molar-refractivity contribution is -0.134. The molecule has 1 aliphatic rings. The van der Waals surface area contributed by atoms with Gasteiger partial charge in [-0.3, -0.25) is 14.2 Å². The van der Waals surface area contributed by atoms with Crippen LogP contribution in [0.25, 0.3) is 0 Å². The first-order valence-corrected chi connectivity index (χ1v) is 11.4. The van der Waals surface area contributed by atoms with E-state index >= 15 is 0 Å². The first kappa shape index (κ1) is 23.1. The third-order valence-corrected chi connectivity index (χ3v) is 5.68. The predicted octanol–water partition coefficient (Wildman–Crippen LogP) is 1.22. The lowest BCUT2D eigenvalue weighted by Crippen LogP contribution is -2.43. The third-order valence-electron chi connectivity index (χ3n) is 4.73. The topological polar surface area (TPSA) is 106 Å². The lowest BCUT2D eigenvalue weighted by atomic mass is 10.3. The summed E-state index contributed by atoms with van der Waals surface area (Å²) in [6.45, 7) is 9.36. The van der Waals surface area contributed by atoms with Crippen LogP contribution in [0.3, 0.4) is 0 Å². The molecule has 0 aliphatic carbocycles. The molecule has 0 unspecified atom stereocenters. The molecular formula is C20H30N6O4S. The Hall–Kier alpha value is -2.53. The van der Waals surface area contributed by atoms with Crippen LogP contribution >= 0.6 is 11.8 Å². The van der Waals surface area contributed by atoms with Gasteiger partial charge in [-0.1, -0.05) is 11.8 Å². The van der Waals surface area contributed by atoms with Gasteiger partial charge in [0.05, 0.1) is 38.3 Å². The number of thioether (sulfide) groups is 1. The molecule has 3 rings (SSSR count). The molecule has 0 atom stereocenters. The van der Waals surface area contributed by atoms with Gasteiger partial charge in [-0.2, -0.15) is 0 Å². The van der Waals surface area contributed by atoms with Crippen molar-refractivity contribution in [2.75, 3.05) is 50.0 Å². The van der Waals surface area contributed by atoms with Crippen molar-refractivity contribution in [3.05, 3.63) is 24.2 Å². The number of hydrogen-bond donors (Lipinski definition) is 1. The SMILES string of the molecule is CCN(CC(=O)NC(C)C)C(=O)CSc1nnc(N2CCOCC2)n1Cc1ccco1. The van der Waals surface area contributed by atoms with E-state index < -0.39 is 0 Å². The standard InChI is InChI=1S/C20H30N6O4S/c1-4-24(13-17(27)21-15(2)3)18(28)14-31-20-23-22-19(25-7-10-29-11-8-25)26(20)12-16-6-5-9-30-16/h5-6,9,15H,4,7-8,10-14H2,1-3H3,(H,21,27). The van der Waals surface area contributed by atoms with Crippen molar-refractivity contribution in [1.29, 1.82) is 0 Å². The molecule has 0 saturated carbocycles. The molecule has 0 bridgehead atoms. The normalized spacial score (nSPS) is 14.1. The zero-order valence-electron chi connectivity index (χ0n) is 18.2. The van der Waals surface area contributed by atoms with Crippen LogP contribution in [-0.2, 0) is 20.9 Å². The van der Waals surface area contributed by atoms with E-state index in [0.717, 1.165) is 24.8 Å². The predicted molar refractivity (Wildman–Crippen MR) is 117 cm³/mol. The van der Waals surface area contributed by atoms with E-state index in [-0.39, 0.29) is 30.2 Å². The van der Waals surface area contributed by atoms with E-state index in [9.17, 15) is 9.59 Å². The number of anilines is 1. The van der Waals surface area contributed by atoms with Gasteiger partial charge in [0.25, 0.3) is 0 Å². The number of hydrogen-bond acceptors (Lipinski definition) is 8. The fourth-order valence-corrected chi connectivity index (χ4v) is 4.05. The number of nitrogens with zero attached hydrogens (tertiary/aromatic N) is 5. The minimum atomic E-state index is -0.161. The maximum absolute atomic E-state index is 12.7. The van der Waals surface area contributed by atoms with Gasteiger partial charge in [0.1, 0.15) is 5.76 Å². The summed E-state index contributed by atoms with van der Waals surface area (Å²) in [6.07, 6.45) is 1.63. The molecule has 2 amide bonds. The van der Waals surface area contributed by atoms with Gasteiger partial charge in [-0.15, -0.1) is 10.2 Å². The minimum absolute atomic E-state index is 0.0365. The molecule has 170 valence electrons. The maximum atomic E-state index is 12.7. The highest BCUT2D eigenvalue weighted by Gasteiger charge is 2.23. The van der Waals surface area contributed by atoms with Crippen LogP contribution in [0, 0.1) is 0 Å². The summed E-state index contributed by atoms with van der Waals surface area (Å²) < 4.78 is 12.9. The zero-order chi connectivity index (χ0) is 22.2. The highest BCUT2D eigenvalue weighted by atomic mass is 32.2. The summed E-state index contributed by atoms with van der Waals surface area (Å²) in [6, 6.07) is 3.77. The summed E-state index contributed by atoms with van der Waals surface area (Å²) >= 11 is 1.31. The fraction of sp³-hybridized carbons (Fsp3) is 0.600. The van der Waals surface area contributed by atoms with E-state index in [1.54, 1.807) is 11.2 Å². The Morgan fingerprint density at radius 1 is 1.29 bits per heavy atom. The monoisotopic (exact) mass is 450 g/mol. The summed E-state index contributed by atoms with van der Waals surface area (Å²) in [5, 5.41) is 12.2. The van der Waals surface area contributed by atoms with Gasteiger partial charge < -0.3 is 24.3 Å². The Morgan fingerprint density at radius 2 is 2.06 bits per heavy atom. The molecule has 0 radical (unpaired) electrons. The average Bonchev–Trinajstić information content (AvgIpc) is 3.41. The Balaban J connectivity index is 1.69. The maximum Gasteiger partial charge on any atom is 0.239 e. The number of furan rings is 1. The van der Waals surface area contributed by atoms with Crippen LogP contribution in [0.1, 0.15) is 26.5 Å². The number of carbonyl (C=O) groups is 2. The van der Waals surface area contributed by atoms with Gasteiger partial charge >= 0.3 is 0 Å². The highest BCUT2D eigenvalue weighted by molar-refractivity contribution is 7.99. The molecule has 1 N–H and O–H groups in total. The van der Waals surface area contributed by atoms with Crippen LogP contribution in [0.2, 0.25) is 0 Å². The Labute approximate surface area is 186 Å². The van der Waals surface area contributed by atoms with Crippen molar-refractivity contribution in [2.24, 2.45) is 0 Å². The fourth-order valence-electron chi connectivity index (χ4n) is 3.22. The van der Waals surface area contributed by atoms with Gasteiger partial charge in [0.15, 0.2) is 5.16 Å². The Morgan fingerprint density at radius 3 is 2.71 bits per heavy atom. The second-order valence-electron chi connectivity index (χ2n) is 7.47. The quantitative estimate of drug-likeness (QED) is 0.539. The number of likely N-dealkylation sites (N-methyl/N-ethyl adjacent to an activating group) is 1. The third kappa shape index (κ3) is 6.47. The van der Waals surface area contributed by atoms with Crippen molar-refractivity contribution >= 4 is 29.5 Å². The van der Waals surface area contributed by atoms with Gasteiger partial charge in [-0.05, 0) is 32.9 Å². The molecule has 0 aromatic carbocycles. The summed E-state index contributed by atoms with van der Waals surface area (Å²) in [4.78, 5) is 28.4. The molecule has 2 aromatic rings. The first-order valence-electron chi connectivity index (χ1n) is 10.5. The molecule has 1 saturated heterocycles. The highest BCUT2D eigenvalue weighted by Crippen LogP contribution is 2.24. The van der Waals surface area contributed by atoms with Crippen LogP contribution in [0.4, 0.5) is 5.95 Å². The molecule has 1 aliphatic heterocycles. The number of amides is 2. The van der Waals surface area contributed by atoms with Crippen molar-refractivity contribution in [2.45, 2.75) is 38.5 Å². The van der Waals surface area contributed by atoms with Crippen LogP contribution in [-0.4, -0.2) is 82.7 Å². The summed E-state index contributed by atoms with van der Waals surface area (Å²) in [5.74, 6) is 1.40. The zero-order valence-corrected chi connectivity index (χ0v) is 19.1. The van der Waals surface area contributed by atoms with Gasteiger partial charge in [-0.25, -0.2) is 0 Å². The van der Waals surface area contributed by atoms with E-state index in [2.05, 4.69) is 20.4 Å². The van der Waals surface area contributed by atoms with E-state index in [1.165, 1.54) is 11.8 Å². The van der Waals surface area contributed by atoms with E-state index in [1.807, 2.05) is 37.5 Å². The van der Waals surface area contributed by atoms with Gasteiger partial charge in [0, 0.05) is 25.7 Å². The Kier molecular flexibility index (Phi) is 8.35. The summed E-state index contributed by atoms with van der Waals surface area (Å²) in [7, 11) is 0. The molecule has 10 nitrogen and oxygen atoms in total. The Bertz CT molecular complexity index is 848. The summed E-state index contributed by atoms with van der Waals surface area (Å²) in [5.41, 5.74) is 0.